The Morgan fingerprint density at radius 2 is 1.87 bits per heavy atom. The number of aryl methyl sites for hydroxylation is 2. The van der Waals surface area contributed by atoms with Gasteiger partial charge in [0.1, 0.15) is 22.9 Å². The summed E-state index contributed by atoms with van der Waals surface area (Å²) in [5.74, 6) is -1.26. The van der Waals surface area contributed by atoms with Gasteiger partial charge in [-0.3, -0.25) is 9.78 Å². The van der Waals surface area contributed by atoms with E-state index in [1.54, 1.807) is 24.0 Å². The lowest BCUT2D eigenvalue weighted by Crippen LogP contribution is -2.19. The van der Waals surface area contributed by atoms with Gasteiger partial charge in [-0.25, -0.2) is 22.2 Å². The summed E-state index contributed by atoms with van der Waals surface area (Å²) in [5, 5.41) is 24.7. The Kier molecular flexibility index (Phi) is 6.39. The summed E-state index contributed by atoms with van der Waals surface area (Å²) in [4.78, 5) is 9.92. The first-order chi connectivity index (χ1) is 18.0. The van der Waals surface area contributed by atoms with Crippen molar-refractivity contribution in [2.24, 2.45) is 7.05 Å². The number of benzene rings is 1. The SMILES string of the molecule is Cc1cc(Nc2nc(N(C)c3c(F)cc(S(C)(=O)=O)cc3F)nc(-c3nn(C)cc3CO)c2C2CC2)n[nH]1. The summed E-state index contributed by atoms with van der Waals surface area (Å²) in [6.45, 7) is 1.55. The van der Waals surface area contributed by atoms with Crippen molar-refractivity contribution < 1.29 is 22.3 Å². The zero-order valence-corrected chi connectivity index (χ0v) is 21.9. The van der Waals surface area contributed by atoms with Crippen molar-refractivity contribution in [3.63, 3.8) is 0 Å². The van der Waals surface area contributed by atoms with Gasteiger partial charge in [-0.1, -0.05) is 0 Å². The molecule has 0 amide bonds. The number of anilines is 4. The third-order valence-electron chi connectivity index (χ3n) is 6.23. The molecule has 11 nitrogen and oxygen atoms in total. The van der Waals surface area contributed by atoms with Gasteiger partial charge in [0, 0.05) is 49.4 Å². The Bertz CT molecular complexity index is 1620. The first kappa shape index (κ1) is 25.7. The van der Waals surface area contributed by atoms with E-state index in [0.717, 1.165) is 47.4 Å². The van der Waals surface area contributed by atoms with Gasteiger partial charge >= 0.3 is 0 Å². The molecule has 200 valence electrons. The fraction of sp³-hybridized carbons (Fsp3) is 0.333. The molecule has 0 unspecified atom stereocenters. The van der Waals surface area contributed by atoms with Gasteiger partial charge in [-0.15, -0.1) is 0 Å². The molecule has 0 bridgehead atoms. The van der Waals surface area contributed by atoms with Crippen molar-refractivity contribution in [3.05, 3.63) is 52.9 Å². The lowest BCUT2D eigenvalue weighted by Gasteiger charge is -2.22. The third kappa shape index (κ3) is 4.84. The highest BCUT2D eigenvalue weighted by molar-refractivity contribution is 7.90. The normalized spacial score (nSPS) is 13.7. The topological polar surface area (TPSA) is 142 Å². The molecule has 0 atom stereocenters. The quantitative estimate of drug-likeness (QED) is 0.304. The average Bonchev–Trinajstić information content (AvgIpc) is 3.49. The molecule has 4 aromatic rings. The van der Waals surface area contributed by atoms with Gasteiger partial charge in [-0.05, 0) is 37.8 Å². The van der Waals surface area contributed by atoms with Crippen LogP contribution < -0.4 is 10.2 Å². The van der Waals surface area contributed by atoms with E-state index in [2.05, 4.69) is 30.6 Å². The highest BCUT2D eigenvalue weighted by atomic mass is 32.2. The summed E-state index contributed by atoms with van der Waals surface area (Å²) in [7, 11) is -0.738. The maximum Gasteiger partial charge on any atom is 0.232 e. The highest BCUT2D eigenvalue weighted by Gasteiger charge is 2.34. The number of aromatic amines is 1. The molecule has 1 aromatic carbocycles. The van der Waals surface area contributed by atoms with Crippen molar-refractivity contribution >= 4 is 33.1 Å². The predicted molar refractivity (Wildman–Crippen MR) is 136 cm³/mol. The molecule has 1 fully saturated rings. The van der Waals surface area contributed by atoms with Crippen LogP contribution >= 0.6 is 0 Å². The average molecular weight is 545 g/mol. The van der Waals surface area contributed by atoms with E-state index in [-0.39, 0.29) is 18.5 Å². The minimum absolute atomic E-state index is 0.0707. The molecule has 1 aliphatic rings. The number of nitrogens with zero attached hydrogens (tertiary/aromatic N) is 6. The fourth-order valence-corrected chi connectivity index (χ4v) is 4.91. The minimum Gasteiger partial charge on any atom is -0.392 e. The van der Waals surface area contributed by atoms with Crippen LogP contribution in [0.15, 0.2) is 29.3 Å². The standard InChI is InChI=1S/C24H26F2N8O3S/c1-12-7-18(31-30-12)27-23-19(13-5-6-13)21(20-14(11-35)10-33(2)32-20)28-24(29-23)34(3)22-16(25)8-15(9-17(22)26)38(4,36)37/h7-10,13,35H,5-6,11H2,1-4H3,(H2,27,28,29,30,31). The number of hydrogen-bond donors (Lipinski definition) is 3. The zero-order chi connectivity index (χ0) is 27.4. The molecular weight excluding hydrogens is 518 g/mol. The molecule has 0 spiro atoms. The molecule has 5 rings (SSSR count). The van der Waals surface area contributed by atoms with E-state index in [4.69, 9.17) is 0 Å². The summed E-state index contributed by atoms with van der Waals surface area (Å²) in [6, 6.07) is 3.31. The lowest BCUT2D eigenvalue weighted by atomic mass is 10.0. The summed E-state index contributed by atoms with van der Waals surface area (Å²) in [5.41, 5.74) is 2.41. The van der Waals surface area contributed by atoms with Gasteiger partial charge in [0.2, 0.25) is 5.95 Å². The van der Waals surface area contributed by atoms with Crippen LogP contribution in [0.25, 0.3) is 11.4 Å². The number of rotatable bonds is 8. The van der Waals surface area contributed by atoms with Crippen LogP contribution in [-0.4, -0.2) is 56.8 Å². The number of H-pyrrole nitrogens is 1. The number of hydrogen-bond acceptors (Lipinski definition) is 9. The van der Waals surface area contributed by atoms with E-state index >= 15 is 8.78 Å². The number of nitrogens with one attached hydrogen (secondary N) is 2. The van der Waals surface area contributed by atoms with Crippen LogP contribution in [0.3, 0.4) is 0 Å². The molecule has 1 aliphatic carbocycles. The van der Waals surface area contributed by atoms with Crippen LogP contribution in [-0.2, 0) is 23.5 Å². The number of halogens is 2. The van der Waals surface area contributed by atoms with Gasteiger partial charge in [0.15, 0.2) is 27.3 Å². The van der Waals surface area contributed by atoms with Crippen LogP contribution in [0.5, 0.6) is 0 Å². The van der Waals surface area contributed by atoms with E-state index in [1.165, 1.54) is 7.05 Å². The largest absolute Gasteiger partial charge is 0.392 e. The summed E-state index contributed by atoms with van der Waals surface area (Å²) in [6.07, 6.45) is 4.32. The van der Waals surface area contributed by atoms with Crippen LogP contribution in [0.2, 0.25) is 0 Å². The first-order valence-electron chi connectivity index (χ1n) is 11.7. The second-order valence-electron chi connectivity index (χ2n) is 9.37. The second-order valence-corrected chi connectivity index (χ2v) is 11.4. The van der Waals surface area contributed by atoms with Crippen molar-refractivity contribution in [3.8, 4) is 11.4 Å². The molecule has 3 heterocycles. The molecular formula is C24H26F2N8O3S. The molecule has 1 saturated carbocycles. The zero-order valence-electron chi connectivity index (χ0n) is 21.1. The maximum atomic E-state index is 15.1. The molecule has 38 heavy (non-hydrogen) atoms. The van der Waals surface area contributed by atoms with Crippen molar-refractivity contribution in [1.29, 1.82) is 0 Å². The molecule has 0 radical (unpaired) electrons. The smallest absolute Gasteiger partial charge is 0.232 e. The van der Waals surface area contributed by atoms with E-state index in [1.807, 2.05) is 6.92 Å². The lowest BCUT2D eigenvalue weighted by molar-refractivity contribution is 0.282. The Morgan fingerprint density at radius 3 is 2.42 bits per heavy atom. The van der Waals surface area contributed by atoms with Crippen LogP contribution in [0.4, 0.5) is 32.1 Å². The Labute approximate surface area is 217 Å². The third-order valence-corrected chi connectivity index (χ3v) is 7.32. The number of aliphatic hydroxyl groups excluding tert-OH is 1. The Balaban J connectivity index is 1.72. The molecule has 3 aromatic heterocycles. The monoisotopic (exact) mass is 544 g/mol. The summed E-state index contributed by atoms with van der Waals surface area (Å²) < 4.78 is 55.5. The van der Waals surface area contributed by atoms with Gasteiger partial charge < -0.3 is 15.3 Å². The van der Waals surface area contributed by atoms with E-state index in [9.17, 15) is 13.5 Å². The van der Waals surface area contributed by atoms with Gasteiger partial charge in [-0.2, -0.15) is 15.2 Å². The predicted octanol–water partition coefficient (Wildman–Crippen LogP) is 3.47. The van der Waals surface area contributed by atoms with Crippen molar-refractivity contribution in [1.82, 2.24) is 29.9 Å². The minimum atomic E-state index is -3.83. The molecule has 0 saturated heterocycles. The number of aliphatic hydroxyl groups is 1. The van der Waals surface area contributed by atoms with Crippen molar-refractivity contribution in [2.45, 2.75) is 37.2 Å². The summed E-state index contributed by atoms with van der Waals surface area (Å²) >= 11 is 0. The Hall–Kier alpha value is -3.91. The van der Waals surface area contributed by atoms with Gasteiger partial charge in [0.05, 0.1) is 11.5 Å². The fourth-order valence-electron chi connectivity index (χ4n) is 4.27. The van der Waals surface area contributed by atoms with Gasteiger partial charge in [0.25, 0.3) is 0 Å². The first-order valence-corrected chi connectivity index (χ1v) is 13.6. The van der Waals surface area contributed by atoms with Crippen LogP contribution in [0, 0.1) is 18.6 Å². The maximum absolute atomic E-state index is 15.1. The van der Waals surface area contributed by atoms with Crippen molar-refractivity contribution in [2.75, 3.05) is 23.5 Å². The highest BCUT2D eigenvalue weighted by Crippen LogP contribution is 2.48. The van der Waals surface area contributed by atoms with E-state index < -0.39 is 32.1 Å². The Morgan fingerprint density at radius 1 is 1.18 bits per heavy atom. The number of aromatic nitrogens is 6. The second kappa shape index (κ2) is 9.44. The van der Waals surface area contributed by atoms with E-state index in [0.29, 0.717) is 28.6 Å². The van der Waals surface area contributed by atoms with Crippen LogP contribution in [0.1, 0.15) is 35.6 Å². The number of sulfone groups is 1. The molecule has 14 heteroatoms. The molecule has 3 N–H and O–H groups in total. The molecule has 0 aliphatic heterocycles.